The van der Waals surface area contributed by atoms with Crippen molar-refractivity contribution in [3.8, 4) is 22.5 Å². The van der Waals surface area contributed by atoms with Crippen LogP contribution >= 0.6 is 0 Å². The molecule has 1 saturated heterocycles. The Morgan fingerprint density at radius 3 is 2.56 bits per heavy atom. The number of nitrogens with one attached hydrogen (secondary N) is 1. The quantitative estimate of drug-likeness (QED) is 0.346. The lowest BCUT2D eigenvalue weighted by molar-refractivity contribution is -0.150. The predicted molar refractivity (Wildman–Crippen MR) is 137 cm³/mol. The Bertz CT molecular complexity index is 1730. The number of piperidine rings is 1. The van der Waals surface area contributed by atoms with E-state index in [-0.39, 0.29) is 64.8 Å². The Morgan fingerprint density at radius 2 is 1.81 bits per heavy atom. The van der Waals surface area contributed by atoms with E-state index in [1.165, 1.54) is 31.2 Å². The maximum atomic E-state index is 15.6. The molecule has 11 nitrogen and oxygen atoms in total. The summed E-state index contributed by atoms with van der Waals surface area (Å²) in [7, 11) is 0. The molecular formula is C28H22F4N6O5. The van der Waals surface area contributed by atoms with E-state index < -0.39 is 47.4 Å². The van der Waals surface area contributed by atoms with Crippen LogP contribution in [0.15, 0.2) is 46.1 Å². The molecule has 0 saturated carbocycles. The van der Waals surface area contributed by atoms with Crippen molar-refractivity contribution in [1.82, 2.24) is 30.2 Å². The molecule has 15 heteroatoms. The van der Waals surface area contributed by atoms with Crippen molar-refractivity contribution in [3.05, 3.63) is 64.7 Å². The second kappa shape index (κ2) is 10.4. The molecule has 1 atom stereocenters. The van der Waals surface area contributed by atoms with Gasteiger partial charge in [0, 0.05) is 29.8 Å². The van der Waals surface area contributed by atoms with Crippen LogP contribution in [0.25, 0.3) is 22.5 Å². The largest absolute Gasteiger partial charge is 0.433 e. The van der Waals surface area contributed by atoms with Gasteiger partial charge in [-0.05, 0) is 49.9 Å². The van der Waals surface area contributed by atoms with E-state index >= 15 is 4.39 Å². The van der Waals surface area contributed by atoms with Crippen LogP contribution in [0.3, 0.4) is 0 Å². The van der Waals surface area contributed by atoms with Gasteiger partial charge >= 0.3 is 6.18 Å². The fourth-order valence-corrected chi connectivity index (χ4v) is 5.55. The molecule has 0 bridgehead atoms. The lowest BCUT2D eigenvalue weighted by Gasteiger charge is -2.29. The van der Waals surface area contributed by atoms with E-state index in [9.17, 15) is 32.3 Å². The number of benzene rings is 1. The first-order chi connectivity index (χ1) is 20.4. The van der Waals surface area contributed by atoms with Crippen LogP contribution < -0.4 is 5.32 Å². The van der Waals surface area contributed by atoms with E-state index in [0.717, 1.165) is 11.0 Å². The average molecular weight is 599 g/mol. The number of aromatic nitrogens is 3. The zero-order valence-corrected chi connectivity index (χ0v) is 22.5. The number of hydrogen-bond acceptors (Lipinski definition) is 9. The molecule has 222 valence electrons. The Balaban J connectivity index is 1.25. The van der Waals surface area contributed by atoms with Gasteiger partial charge in [-0.3, -0.25) is 29.4 Å². The standard InChI is InChI=1S/C28H22F4N6O5/c1-13-10-14(11-19(33-13)28(30,31)32)15-4-2-5-16(22(15)29)24-35-21(43-36-24)12-37-9-3-6-17-23(37)27(42)38(26(17)41)18-7-8-20(39)34-25(18)40/h2,4-5,10-11,18H,3,6-9,12H2,1H3,(H,34,39,40). The number of carbonyl (C=O) groups excluding carboxylic acids is 4. The van der Waals surface area contributed by atoms with Crippen LogP contribution in [0, 0.1) is 12.7 Å². The highest BCUT2D eigenvalue weighted by Crippen LogP contribution is 2.36. The normalized spacial score (nSPS) is 19.3. The first kappa shape index (κ1) is 28.2. The molecule has 4 amide bonds. The summed E-state index contributed by atoms with van der Waals surface area (Å²) in [6.07, 6.45) is -3.86. The van der Waals surface area contributed by atoms with Crippen molar-refractivity contribution in [1.29, 1.82) is 0 Å². The summed E-state index contributed by atoms with van der Waals surface area (Å²) in [5.41, 5.74) is -1.02. The lowest BCUT2D eigenvalue weighted by Crippen LogP contribution is -2.55. The summed E-state index contributed by atoms with van der Waals surface area (Å²) in [5.74, 6) is -3.49. The Hall–Kier alpha value is -4.95. The maximum Gasteiger partial charge on any atom is 0.433 e. The second-order valence-corrected chi connectivity index (χ2v) is 10.4. The van der Waals surface area contributed by atoms with E-state index in [0.29, 0.717) is 19.4 Å². The maximum absolute atomic E-state index is 15.6. The molecule has 3 aliphatic heterocycles. The molecule has 0 spiro atoms. The van der Waals surface area contributed by atoms with Gasteiger partial charge in [-0.25, -0.2) is 9.37 Å². The molecule has 1 fully saturated rings. The third kappa shape index (κ3) is 5.04. The molecule has 43 heavy (non-hydrogen) atoms. The first-order valence-electron chi connectivity index (χ1n) is 13.3. The van der Waals surface area contributed by atoms with Gasteiger partial charge in [0.15, 0.2) is 0 Å². The molecule has 3 aromatic rings. The number of pyridine rings is 1. The molecule has 2 aromatic heterocycles. The fraction of sp³-hybridized carbons (Fsp3) is 0.321. The van der Waals surface area contributed by atoms with E-state index in [1.54, 1.807) is 4.90 Å². The minimum Gasteiger partial charge on any atom is -0.357 e. The van der Waals surface area contributed by atoms with E-state index in [2.05, 4.69) is 20.4 Å². The van der Waals surface area contributed by atoms with Crippen LogP contribution in [0.5, 0.6) is 0 Å². The monoisotopic (exact) mass is 598 g/mol. The third-order valence-electron chi connectivity index (χ3n) is 7.47. The predicted octanol–water partition coefficient (Wildman–Crippen LogP) is 3.29. The number of nitrogens with zero attached hydrogens (tertiary/aromatic N) is 5. The van der Waals surface area contributed by atoms with E-state index in [1.807, 2.05) is 0 Å². The van der Waals surface area contributed by atoms with Gasteiger partial charge in [0.25, 0.3) is 11.8 Å². The number of rotatable bonds is 5. The highest BCUT2D eigenvalue weighted by Gasteiger charge is 2.48. The van der Waals surface area contributed by atoms with Crippen molar-refractivity contribution >= 4 is 23.6 Å². The summed E-state index contributed by atoms with van der Waals surface area (Å²) in [6.45, 7) is 1.62. The van der Waals surface area contributed by atoms with Crippen LogP contribution in [-0.2, 0) is 31.9 Å². The van der Waals surface area contributed by atoms with Gasteiger partial charge in [0.05, 0.1) is 12.1 Å². The average Bonchev–Trinajstić information content (AvgIpc) is 3.51. The number of alkyl halides is 3. The number of imide groups is 2. The van der Waals surface area contributed by atoms with Gasteiger partial charge in [-0.1, -0.05) is 17.3 Å². The highest BCUT2D eigenvalue weighted by molar-refractivity contribution is 6.21. The lowest BCUT2D eigenvalue weighted by atomic mass is 10.0. The first-order valence-corrected chi connectivity index (χ1v) is 13.3. The Morgan fingerprint density at radius 1 is 1.05 bits per heavy atom. The zero-order chi connectivity index (χ0) is 30.6. The van der Waals surface area contributed by atoms with Gasteiger partial charge in [-0.2, -0.15) is 18.2 Å². The number of halogens is 4. The molecule has 6 rings (SSSR count). The molecule has 1 unspecified atom stereocenters. The van der Waals surface area contributed by atoms with Crippen molar-refractivity contribution in [2.45, 2.75) is 51.4 Å². The topological polar surface area (TPSA) is 139 Å². The van der Waals surface area contributed by atoms with Crippen LogP contribution in [0.4, 0.5) is 17.6 Å². The van der Waals surface area contributed by atoms with Crippen molar-refractivity contribution < 1.29 is 41.3 Å². The van der Waals surface area contributed by atoms with E-state index in [4.69, 9.17) is 4.52 Å². The van der Waals surface area contributed by atoms with Crippen molar-refractivity contribution in [3.63, 3.8) is 0 Å². The third-order valence-corrected chi connectivity index (χ3v) is 7.47. The Kier molecular flexibility index (Phi) is 6.81. The molecular weight excluding hydrogens is 576 g/mol. The summed E-state index contributed by atoms with van der Waals surface area (Å²) < 4.78 is 60.9. The summed E-state index contributed by atoms with van der Waals surface area (Å²) >= 11 is 0. The highest BCUT2D eigenvalue weighted by atomic mass is 19.4. The van der Waals surface area contributed by atoms with Gasteiger partial charge in [0.1, 0.15) is 23.3 Å². The molecule has 1 aromatic carbocycles. The minimum absolute atomic E-state index is 0.00533. The molecule has 0 aliphatic carbocycles. The SMILES string of the molecule is Cc1cc(-c2cccc(-c3noc(CN4CCCC5=C4C(=O)N(C4CCC(=O)NC4=O)C5=O)n3)c2F)cc(C(F)(F)F)n1. The van der Waals surface area contributed by atoms with Crippen LogP contribution in [0.2, 0.25) is 0 Å². The fourth-order valence-electron chi connectivity index (χ4n) is 5.55. The number of carbonyl (C=O) groups is 4. The van der Waals surface area contributed by atoms with Crippen molar-refractivity contribution in [2.24, 2.45) is 0 Å². The molecule has 3 aliphatic rings. The number of aryl methyl sites for hydroxylation is 1. The minimum atomic E-state index is -4.72. The molecule has 0 radical (unpaired) electrons. The molecule has 1 N–H and O–H groups in total. The number of hydrogen-bond donors (Lipinski definition) is 1. The smallest absolute Gasteiger partial charge is 0.357 e. The zero-order valence-electron chi connectivity index (χ0n) is 22.5. The van der Waals surface area contributed by atoms with Gasteiger partial charge < -0.3 is 9.42 Å². The van der Waals surface area contributed by atoms with Crippen LogP contribution in [-0.4, -0.2) is 61.1 Å². The van der Waals surface area contributed by atoms with Gasteiger partial charge in [-0.15, -0.1) is 0 Å². The molecule has 5 heterocycles. The Labute approximate surface area is 240 Å². The summed E-state index contributed by atoms with van der Waals surface area (Å²) in [6, 6.07) is 5.11. The number of amides is 4. The summed E-state index contributed by atoms with van der Waals surface area (Å²) in [4.78, 5) is 60.7. The summed E-state index contributed by atoms with van der Waals surface area (Å²) in [5, 5.41) is 5.99. The van der Waals surface area contributed by atoms with Gasteiger partial charge in [0.2, 0.25) is 23.5 Å². The van der Waals surface area contributed by atoms with Crippen LogP contribution in [0.1, 0.15) is 43.0 Å². The van der Waals surface area contributed by atoms with Crippen molar-refractivity contribution in [2.75, 3.05) is 6.54 Å². The second-order valence-electron chi connectivity index (χ2n) is 10.4.